The summed E-state index contributed by atoms with van der Waals surface area (Å²) in [5, 5.41) is 8.25. The van der Waals surface area contributed by atoms with E-state index in [1.807, 2.05) is 36.4 Å². The quantitative estimate of drug-likeness (QED) is 0.186. The van der Waals surface area contributed by atoms with Crippen molar-refractivity contribution in [3.63, 3.8) is 0 Å². The van der Waals surface area contributed by atoms with Crippen molar-refractivity contribution >= 4 is 55.4 Å². The number of furan rings is 1. The summed E-state index contributed by atoms with van der Waals surface area (Å²) in [7, 11) is 0. The van der Waals surface area contributed by atoms with Crippen molar-refractivity contribution in [1.82, 2.24) is 9.88 Å². The zero-order valence-corrected chi connectivity index (χ0v) is 30.3. The molecule has 1 aliphatic heterocycles. The highest BCUT2D eigenvalue weighted by Crippen LogP contribution is 2.44. The van der Waals surface area contributed by atoms with E-state index in [1.54, 1.807) is 0 Å². The van der Waals surface area contributed by atoms with Crippen molar-refractivity contribution < 1.29 is 4.42 Å². The summed E-state index contributed by atoms with van der Waals surface area (Å²) in [6.45, 7) is 0. The Hall–Kier alpha value is -7.50. The molecule has 3 heterocycles. The second kappa shape index (κ2) is 13.1. The summed E-state index contributed by atoms with van der Waals surface area (Å²) >= 11 is 0. The third-order valence-corrected chi connectivity index (χ3v) is 10.9. The van der Waals surface area contributed by atoms with Gasteiger partial charge in [0.2, 0.25) is 0 Å². The molecule has 0 bridgehead atoms. The van der Waals surface area contributed by atoms with Gasteiger partial charge in [-0.05, 0) is 41.5 Å². The molecular weight excluding hydrogens is 685 g/mol. The smallest absolute Gasteiger partial charge is 0.159 e. The first-order chi connectivity index (χ1) is 27.8. The molecule has 0 saturated heterocycles. The molecule has 0 radical (unpaired) electrons. The molecule has 0 fully saturated rings. The van der Waals surface area contributed by atoms with Crippen LogP contribution >= 0.6 is 0 Å². The Balaban J connectivity index is 1.11. The fourth-order valence-electron chi connectivity index (χ4n) is 8.30. The lowest BCUT2D eigenvalue weighted by molar-refractivity contribution is 0.658. The van der Waals surface area contributed by atoms with Crippen LogP contribution in [0.1, 0.15) is 22.9 Å². The van der Waals surface area contributed by atoms with Crippen molar-refractivity contribution in [2.75, 3.05) is 0 Å². The Morgan fingerprint density at radius 2 is 1.09 bits per heavy atom. The van der Waals surface area contributed by atoms with E-state index >= 15 is 0 Å². The number of fused-ring (bicyclic) bond motifs is 6. The predicted molar refractivity (Wildman–Crippen MR) is 231 cm³/mol. The molecule has 2 aromatic heterocycles. The monoisotopic (exact) mass is 718 g/mol. The largest absolute Gasteiger partial charge is 0.455 e. The Bertz CT molecular complexity index is 3140. The molecule has 10 aromatic rings. The second-order valence-corrected chi connectivity index (χ2v) is 14.2. The molecule has 1 atom stereocenters. The van der Waals surface area contributed by atoms with E-state index in [0.29, 0.717) is 5.84 Å². The van der Waals surface area contributed by atoms with Crippen LogP contribution in [-0.2, 0) is 0 Å². The van der Waals surface area contributed by atoms with E-state index in [0.717, 1.165) is 72.4 Å². The Morgan fingerprint density at radius 3 is 1.86 bits per heavy atom. The van der Waals surface area contributed by atoms with Gasteiger partial charge in [0.25, 0.3) is 0 Å². The minimum Gasteiger partial charge on any atom is -0.455 e. The lowest BCUT2D eigenvalue weighted by Gasteiger charge is -2.25. The molecule has 0 aliphatic carbocycles. The molecule has 264 valence electrons. The number of nitrogens with zero attached hydrogens (tertiary/aromatic N) is 3. The molecule has 1 unspecified atom stereocenters. The van der Waals surface area contributed by atoms with Crippen LogP contribution in [0.2, 0.25) is 0 Å². The predicted octanol–water partition coefficient (Wildman–Crippen LogP) is 12.5. The van der Waals surface area contributed by atoms with E-state index in [4.69, 9.17) is 14.4 Å². The topological polar surface area (TPSA) is 54.8 Å². The van der Waals surface area contributed by atoms with Gasteiger partial charge in [0, 0.05) is 55.0 Å². The number of hydrogen-bond acceptors (Lipinski definition) is 4. The third kappa shape index (κ3) is 5.24. The highest BCUT2D eigenvalue weighted by molar-refractivity contribution is 6.16. The Kier molecular flexibility index (Phi) is 7.49. The molecule has 0 saturated carbocycles. The van der Waals surface area contributed by atoms with Crippen LogP contribution in [0.15, 0.2) is 209 Å². The summed E-state index contributed by atoms with van der Waals surface area (Å²) in [4.78, 5) is 10.3. The SMILES string of the molecule is c1ccc(C2=NC(c3ccc4c(oc5c(-c6ccc7c(c6)c6ccccc6n7-c6ccccc6)cccc54)c3-c3ccccc3)NC(c3ccccc3)=N2)cc1. The number of rotatable bonds is 6. The van der Waals surface area contributed by atoms with Gasteiger partial charge in [0.05, 0.1) is 11.0 Å². The standard InChI is InChI=1S/C51H34N4O/c1-5-16-33(17-6-1)46-42(51-53-49(34-18-7-2-8-19-34)52-50(54-51)35-20-9-3-10-21-35)30-29-41-40-26-15-25-38(47(40)56-48(41)46)36-28-31-45-43(32-36)39-24-13-14-27-44(39)55(45)37-22-11-4-12-23-37/h1-32,51H,(H,52,53,54). The van der Waals surface area contributed by atoms with Gasteiger partial charge in [-0.15, -0.1) is 0 Å². The highest BCUT2D eigenvalue weighted by Gasteiger charge is 2.27. The summed E-state index contributed by atoms with van der Waals surface area (Å²) in [5.41, 5.74) is 12.4. The van der Waals surface area contributed by atoms with Gasteiger partial charge in [0.1, 0.15) is 23.2 Å². The van der Waals surface area contributed by atoms with Gasteiger partial charge in [-0.2, -0.15) is 0 Å². The van der Waals surface area contributed by atoms with Crippen LogP contribution in [0.4, 0.5) is 0 Å². The van der Waals surface area contributed by atoms with Crippen molar-refractivity contribution in [3.05, 3.63) is 211 Å². The number of aromatic nitrogens is 1. The van der Waals surface area contributed by atoms with E-state index in [2.05, 4.69) is 168 Å². The van der Waals surface area contributed by atoms with Crippen LogP contribution in [-0.4, -0.2) is 16.2 Å². The number of para-hydroxylation sites is 3. The summed E-state index contributed by atoms with van der Waals surface area (Å²) in [6, 6.07) is 67.9. The first-order valence-corrected chi connectivity index (χ1v) is 18.9. The van der Waals surface area contributed by atoms with Crippen LogP contribution < -0.4 is 5.32 Å². The van der Waals surface area contributed by atoms with Crippen molar-refractivity contribution in [3.8, 4) is 27.9 Å². The molecule has 0 spiro atoms. The summed E-state index contributed by atoms with van der Waals surface area (Å²) in [6.07, 6.45) is -0.422. The number of amidine groups is 2. The van der Waals surface area contributed by atoms with Crippen LogP contribution in [0, 0.1) is 0 Å². The molecule has 1 aliphatic rings. The van der Waals surface area contributed by atoms with E-state index < -0.39 is 6.17 Å². The normalized spacial score (nSPS) is 14.2. The molecule has 56 heavy (non-hydrogen) atoms. The first-order valence-electron chi connectivity index (χ1n) is 18.9. The average molecular weight is 719 g/mol. The molecule has 5 heteroatoms. The van der Waals surface area contributed by atoms with Gasteiger partial charge in [-0.1, -0.05) is 164 Å². The first kappa shape index (κ1) is 32.0. The minimum absolute atomic E-state index is 0.422. The number of hydrogen-bond donors (Lipinski definition) is 1. The number of nitrogens with one attached hydrogen (secondary N) is 1. The summed E-state index contributed by atoms with van der Waals surface area (Å²) in [5.74, 6) is 1.46. The molecule has 5 nitrogen and oxygen atoms in total. The fraction of sp³-hybridized carbons (Fsp3) is 0.0196. The minimum atomic E-state index is -0.422. The average Bonchev–Trinajstić information content (AvgIpc) is 3.83. The van der Waals surface area contributed by atoms with Crippen LogP contribution in [0.5, 0.6) is 0 Å². The number of benzene rings is 8. The number of aliphatic imine (C=N–C) groups is 2. The maximum atomic E-state index is 7.14. The zero-order chi connectivity index (χ0) is 37.0. The third-order valence-electron chi connectivity index (χ3n) is 10.9. The maximum Gasteiger partial charge on any atom is 0.159 e. The van der Waals surface area contributed by atoms with Gasteiger partial charge in [-0.25, -0.2) is 9.98 Å². The van der Waals surface area contributed by atoms with Crippen molar-refractivity contribution in [1.29, 1.82) is 0 Å². The molecule has 1 N–H and O–H groups in total. The fourth-order valence-corrected chi connectivity index (χ4v) is 8.30. The van der Waals surface area contributed by atoms with Crippen molar-refractivity contribution in [2.24, 2.45) is 9.98 Å². The molecule has 0 amide bonds. The Morgan fingerprint density at radius 1 is 0.464 bits per heavy atom. The molecular formula is C51H34N4O. The van der Waals surface area contributed by atoms with Crippen molar-refractivity contribution in [2.45, 2.75) is 6.17 Å². The van der Waals surface area contributed by atoms with Crippen LogP contribution in [0.3, 0.4) is 0 Å². The van der Waals surface area contributed by atoms with E-state index in [-0.39, 0.29) is 0 Å². The molecule has 11 rings (SSSR count). The van der Waals surface area contributed by atoms with E-state index in [1.165, 1.54) is 21.8 Å². The lowest BCUT2D eigenvalue weighted by atomic mass is 9.94. The highest BCUT2D eigenvalue weighted by atomic mass is 16.3. The van der Waals surface area contributed by atoms with Gasteiger partial charge < -0.3 is 14.3 Å². The Labute approximate surface area is 323 Å². The summed E-state index contributed by atoms with van der Waals surface area (Å²) < 4.78 is 9.49. The van der Waals surface area contributed by atoms with Gasteiger partial charge >= 0.3 is 0 Å². The van der Waals surface area contributed by atoms with Crippen LogP contribution in [0.25, 0.3) is 71.7 Å². The molecule has 8 aromatic carbocycles. The maximum absolute atomic E-state index is 7.14. The zero-order valence-electron chi connectivity index (χ0n) is 30.3. The van der Waals surface area contributed by atoms with E-state index in [9.17, 15) is 0 Å². The van der Waals surface area contributed by atoms with Gasteiger partial charge in [-0.3, -0.25) is 0 Å². The van der Waals surface area contributed by atoms with Gasteiger partial charge in [0.15, 0.2) is 5.84 Å². The lowest BCUT2D eigenvalue weighted by Crippen LogP contribution is -2.33. The second-order valence-electron chi connectivity index (χ2n) is 14.2.